The van der Waals surface area contributed by atoms with Gasteiger partial charge in [-0.2, -0.15) is 9.97 Å². The molecule has 168 valence electrons. The third-order valence-corrected chi connectivity index (χ3v) is 6.63. The SMILES string of the molecule is C(=NCc1cc(N2CCSC2)nc(OCCN2CCOCC2)n1)c1c[nH]c2ccccc12. The molecule has 0 amide bonds. The summed E-state index contributed by atoms with van der Waals surface area (Å²) in [5, 5.41) is 1.17. The van der Waals surface area contributed by atoms with Gasteiger partial charge in [0.05, 0.1) is 31.3 Å². The van der Waals surface area contributed by atoms with E-state index < -0.39 is 0 Å². The van der Waals surface area contributed by atoms with Crippen LogP contribution < -0.4 is 9.64 Å². The van der Waals surface area contributed by atoms with Crippen molar-refractivity contribution in [3.05, 3.63) is 47.8 Å². The smallest absolute Gasteiger partial charge is 0.318 e. The molecule has 2 aliphatic heterocycles. The number of para-hydroxylation sites is 1. The predicted octanol–water partition coefficient (Wildman–Crippen LogP) is 2.80. The Bertz CT molecular complexity index is 1060. The Hall–Kier alpha value is -2.62. The summed E-state index contributed by atoms with van der Waals surface area (Å²) in [6.07, 6.45) is 3.90. The van der Waals surface area contributed by atoms with E-state index in [1.807, 2.05) is 42.4 Å². The highest BCUT2D eigenvalue weighted by Gasteiger charge is 2.17. The fourth-order valence-electron chi connectivity index (χ4n) is 3.89. The minimum atomic E-state index is 0.435. The lowest BCUT2D eigenvalue weighted by molar-refractivity contribution is 0.0317. The zero-order valence-corrected chi connectivity index (χ0v) is 18.9. The molecule has 0 atom stereocenters. The number of anilines is 1. The van der Waals surface area contributed by atoms with E-state index in [-0.39, 0.29) is 0 Å². The van der Waals surface area contributed by atoms with Gasteiger partial charge in [0, 0.05) is 66.9 Å². The molecule has 5 rings (SSSR count). The van der Waals surface area contributed by atoms with Crippen molar-refractivity contribution in [1.29, 1.82) is 0 Å². The molecule has 2 aliphatic rings. The van der Waals surface area contributed by atoms with Crippen molar-refractivity contribution in [2.24, 2.45) is 4.99 Å². The summed E-state index contributed by atoms with van der Waals surface area (Å²) in [6, 6.07) is 10.7. The number of rotatable bonds is 8. The molecule has 9 heteroatoms. The van der Waals surface area contributed by atoms with Gasteiger partial charge in [0.1, 0.15) is 12.4 Å². The average molecular weight is 453 g/mol. The number of aromatic amines is 1. The number of fused-ring (bicyclic) bond motifs is 1. The highest BCUT2D eigenvalue weighted by atomic mass is 32.2. The van der Waals surface area contributed by atoms with Crippen LogP contribution in [-0.2, 0) is 11.3 Å². The minimum absolute atomic E-state index is 0.435. The summed E-state index contributed by atoms with van der Waals surface area (Å²) >= 11 is 1.92. The van der Waals surface area contributed by atoms with E-state index in [0.717, 1.165) is 73.6 Å². The summed E-state index contributed by atoms with van der Waals surface area (Å²) in [5.41, 5.74) is 3.05. The van der Waals surface area contributed by atoms with Gasteiger partial charge in [-0.1, -0.05) is 18.2 Å². The number of H-pyrrole nitrogens is 1. The number of aromatic nitrogens is 3. The first kappa shape index (κ1) is 21.2. The summed E-state index contributed by atoms with van der Waals surface area (Å²) in [4.78, 5) is 21.9. The van der Waals surface area contributed by atoms with Crippen molar-refractivity contribution >= 4 is 34.7 Å². The highest BCUT2D eigenvalue weighted by Crippen LogP contribution is 2.24. The number of aliphatic imine (C=N–C) groups is 1. The highest BCUT2D eigenvalue weighted by molar-refractivity contribution is 7.99. The van der Waals surface area contributed by atoms with E-state index in [9.17, 15) is 0 Å². The molecule has 1 aromatic carbocycles. The van der Waals surface area contributed by atoms with Crippen LogP contribution in [0.1, 0.15) is 11.3 Å². The van der Waals surface area contributed by atoms with E-state index >= 15 is 0 Å². The maximum atomic E-state index is 5.96. The number of thioether (sulfide) groups is 1. The molecule has 1 N–H and O–H groups in total. The zero-order valence-electron chi connectivity index (χ0n) is 18.1. The van der Waals surface area contributed by atoms with Crippen LogP contribution in [0, 0.1) is 0 Å². The van der Waals surface area contributed by atoms with Crippen molar-refractivity contribution < 1.29 is 9.47 Å². The van der Waals surface area contributed by atoms with Crippen molar-refractivity contribution in [2.45, 2.75) is 6.54 Å². The number of ether oxygens (including phenoxy) is 2. The standard InChI is InChI=1S/C23H28N6O2S/c1-2-4-21-20(3-1)18(15-25-21)14-24-16-19-13-22(29-8-12-32-17-29)27-23(26-19)31-11-7-28-5-9-30-10-6-28/h1-4,13-15,25H,5-12,16-17H2. The quantitative estimate of drug-likeness (QED) is 0.527. The molecule has 8 nitrogen and oxygen atoms in total. The fourth-order valence-corrected chi connectivity index (χ4v) is 4.85. The van der Waals surface area contributed by atoms with Gasteiger partial charge in [-0.3, -0.25) is 9.89 Å². The Morgan fingerprint density at radius 2 is 2.09 bits per heavy atom. The van der Waals surface area contributed by atoms with E-state index in [2.05, 4.69) is 41.9 Å². The zero-order chi connectivity index (χ0) is 21.6. The maximum Gasteiger partial charge on any atom is 0.318 e. The van der Waals surface area contributed by atoms with E-state index in [4.69, 9.17) is 9.47 Å². The summed E-state index contributed by atoms with van der Waals surface area (Å²) in [6.45, 7) is 6.37. The normalized spacial score (nSPS) is 17.6. The second-order valence-corrected chi connectivity index (χ2v) is 8.94. The Labute approximate surface area is 192 Å². The van der Waals surface area contributed by atoms with E-state index in [1.165, 1.54) is 5.39 Å². The molecule has 0 bridgehead atoms. The molecule has 0 saturated carbocycles. The summed E-state index contributed by atoms with van der Waals surface area (Å²) in [7, 11) is 0. The van der Waals surface area contributed by atoms with Crippen LogP contribution in [0.4, 0.5) is 5.82 Å². The molecule has 0 aliphatic carbocycles. The molecular weight excluding hydrogens is 424 g/mol. The molecule has 3 aromatic rings. The number of nitrogens with one attached hydrogen (secondary N) is 1. The van der Waals surface area contributed by atoms with Gasteiger partial charge in [0.25, 0.3) is 0 Å². The molecule has 32 heavy (non-hydrogen) atoms. The van der Waals surface area contributed by atoms with Gasteiger partial charge < -0.3 is 19.4 Å². The predicted molar refractivity (Wildman–Crippen MR) is 129 cm³/mol. The van der Waals surface area contributed by atoms with Crippen LogP contribution >= 0.6 is 11.8 Å². The van der Waals surface area contributed by atoms with Gasteiger partial charge in [0.2, 0.25) is 0 Å². The lowest BCUT2D eigenvalue weighted by Crippen LogP contribution is -2.38. The number of nitrogens with zero attached hydrogens (tertiary/aromatic N) is 5. The van der Waals surface area contributed by atoms with E-state index in [1.54, 1.807) is 0 Å². The largest absolute Gasteiger partial charge is 0.462 e. The monoisotopic (exact) mass is 452 g/mol. The molecule has 2 fully saturated rings. The van der Waals surface area contributed by atoms with Crippen molar-refractivity contribution in [1.82, 2.24) is 19.9 Å². The van der Waals surface area contributed by atoms with Crippen LogP contribution in [0.5, 0.6) is 6.01 Å². The summed E-state index contributed by atoms with van der Waals surface area (Å²) in [5.74, 6) is 2.98. The topological polar surface area (TPSA) is 78.9 Å². The van der Waals surface area contributed by atoms with Crippen LogP contribution in [0.3, 0.4) is 0 Å². The third kappa shape index (κ3) is 5.23. The number of hydrogen-bond acceptors (Lipinski definition) is 8. The molecule has 0 spiro atoms. The van der Waals surface area contributed by atoms with Crippen LogP contribution in [0.2, 0.25) is 0 Å². The van der Waals surface area contributed by atoms with Gasteiger partial charge in [-0.25, -0.2) is 0 Å². The molecule has 2 aromatic heterocycles. The second kappa shape index (κ2) is 10.3. The third-order valence-electron chi connectivity index (χ3n) is 5.67. The van der Waals surface area contributed by atoms with Gasteiger partial charge in [-0.15, -0.1) is 11.8 Å². The minimum Gasteiger partial charge on any atom is -0.462 e. The molecule has 2 saturated heterocycles. The Kier molecular flexibility index (Phi) is 6.86. The van der Waals surface area contributed by atoms with Gasteiger partial charge in [-0.05, 0) is 6.07 Å². The molecule has 0 radical (unpaired) electrons. The molecule has 4 heterocycles. The number of benzene rings is 1. The Morgan fingerprint density at radius 3 is 2.97 bits per heavy atom. The second-order valence-electron chi connectivity index (χ2n) is 7.86. The fraction of sp³-hybridized carbons (Fsp3) is 0.435. The average Bonchev–Trinajstić information content (AvgIpc) is 3.51. The Balaban J connectivity index is 1.27. The van der Waals surface area contributed by atoms with Crippen LogP contribution in [-0.4, -0.2) is 83.7 Å². The van der Waals surface area contributed by atoms with Crippen LogP contribution in [0.15, 0.2) is 41.5 Å². The summed E-state index contributed by atoms with van der Waals surface area (Å²) < 4.78 is 11.4. The number of hydrogen-bond donors (Lipinski definition) is 1. The first-order valence-corrected chi connectivity index (χ1v) is 12.2. The first-order chi connectivity index (χ1) is 15.8. The van der Waals surface area contributed by atoms with Crippen molar-refractivity contribution in [3.8, 4) is 6.01 Å². The lowest BCUT2D eigenvalue weighted by Gasteiger charge is -2.26. The Morgan fingerprint density at radius 1 is 1.19 bits per heavy atom. The van der Waals surface area contributed by atoms with Gasteiger partial charge >= 0.3 is 6.01 Å². The molecule has 0 unspecified atom stereocenters. The first-order valence-electron chi connectivity index (χ1n) is 11.0. The number of morpholine rings is 1. The lowest BCUT2D eigenvalue weighted by atomic mass is 10.2. The maximum absolute atomic E-state index is 5.96. The van der Waals surface area contributed by atoms with Crippen molar-refractivity contribution in [2.75, 3.05) is 62.5 Å². The van der Waals surface area contributed by atoms with Gasteiger partial charge in [0.15, 0.2) is 0 Å². The van der Waals surface area contributed by atoms with Crippen LogP contribution in [0.25, 0.3) is 10.9 Å². The van der Waals surface area contributed by atoms with E-state index in [0.29, 0.717) is 19.2 Å². The van der Waals surface area contributed by atoms with Crippen molar-refractivity contribution in [3.63, 3.8) is 0 Å². The molecular formula is C23H28N6O2S.